The molecule has 2 aliphatic carbocycles. The van der Waals surface area contributed by atoms with Gasteiger partial charge in [0.05, 0.1) is 5.41 Å². The second-order valence-corrected chi connectivity index (χ2v) is 11.6. The van der Waals surface area contributed by atoms with Crippen LogP contribution in [0.1, 0.15) is 63.1 Å². The normalized spacial score (nSPS) is 24.5. The van der Waals surface area contributed by atoms with Gasteiger partial charge in [-0.2, -0.15) is 0 Å². The monoisotopic (exact) mass is 503 g/mol. The Morgan fingerprint density at radius 1 is 1.08 bits per heavy atom. The first-order valence-electron chi connectivity index (χ1n) is 13.3. The van der Waals surface area contributed by atoms with E-state index >= 15 is 0 Å². The number of esters is 1. The van der Waals surface area contributed by atoms with Gasteiger partial charge in [0.2, 0.25) is 6.79 Å². The highest BCUT2D eigenvalue weighted by Gasteiger charge is 2.57. The molecule has 6 heteroatoms. The van der Waals surface area contributed by atoms with Crippen molar-refractivity contribution >= 4 is 12.1 Å². The van der Waals surface area contributed by atoms with Crippen molar-refractivity contribution in [3.63, 3.8) is 0 Å². The molecule has 1 amide bonds. The van der Waals surface area contributed by atoms with Crippen LogP contribution in [-0.2, 0) is 32.7 Å². The molecule has 1 saturated carbocycles. The standard InChI is InChI=1S/C31H37NO5/c1-21-18-32(29(34)35-19-22-10-6-5-7-11-22)27-16-23-13-14-24(36-20-37-28(33)30(2,3)4)17-26(23)31(21)15-9-8-12-25(27)31/h5-7,10-11,13-14,17,25,27H,1,8-9,12,15-16,18-20H2,2-4H3/t25-,27+,31+/m1/s1. The molecular weight excluding hydrogens is 466 g/mol. The van der Waals surface area contributed by atoms with Crippen molar-refractivity contribution in [2.45, 2.75) is 70.9 Å². The molecule has 2 fully saturated rings. The van der Waals surface area contributed by atoms with Crippen molar-refractivity contribution in [1.82, 2.24) is 4.90 Å². The summed E-state index contributed by atoms with van der Waals surface area (Å²) < 4.78 is 16.9. The second-order valence-electron chi connectivity index (χ2n) is 11.6. The van der Waals surface area contributed by atoms with Crippen molar-refractivity contribution in [1.29, 1.82) is 0 Å². The number of ether oxygens (including phenoxy) is 3. The number of piperidine rings is 1. The van der Waals surface area contributed by atoms with Crippen LogP contribution in [0.25, 0.3) is 0 Å². The molecule has 1 heterocycles. The Labute approximate surface area is 219 Å². The lowest BCUT2D eigenvalue weighted by molar-refractivity contribution is -0.159. The zero-order valence-electron chi connectivity index (χ0n) is 22.1. The number of likely N-dealkylation sites (tertiary alicyclic amines) is 1. The summed E-state index contributed by atoms with van der Waals surface area (Å²) in [6, 6.07) is 16.0. The van der Waals surface area contributed by atoms with Gasteiger partial charge in [0.25, 0.3) is 0 Å². The van der Waals surface area contributed by atoms with E-state index in [1.165, 1.54) is 11.1 Å². The van der Waals surface area contributed by atoms with Crippen molar-refractivity contribution in [2.24, 2.45) is 11.3 Å². The SMILES string of the molecule is C=C1CN(C(=O)OCc2ccccc2)[C@H]2Cc3ccc(OCOC(=O)C(C)(C)C)cc3[C@@]13CCCC[C@H]23. The zero-order valence-corrected chi connectivity index (χ0v) is 22.1. The minimum absolute atomic E-state index is 0.0843. The maximum absolute atomic E-state index is 13.3. The fraction of sp³-hybridized carbons (Fsp3) is 0.484. The Bertz CT molecular complexity index is 1180. The molecule has 196 valence electrons. The number of nitrogens with zero attached hydrogens (tertiary/aromatic N) is 1. The van der Waals surface area contributed by atoms with Crippen LogP contribution in [-0.4, -0.2) is 36.3 Å². The Balaban J connectivity index is 1.37. The van der Waals surface area contributed by atoms with E-state index in [9.17, 15) is 9.59 Å². The number of benzene rings is 2. The minimum Gasteiger partial charge on any atom is -0.457 e. The quantitative estimate of drug-likeness (QED) is 0.277. The van der Waals surface area contributed by atoms with Gasteiger partial charge in [-0.3, -0.25) is 4.79 Å². The smallest absolute Gasteiger partial charge is 0.410 e. The number of hydrogen-bond acceptors (Lipinski definition) is 5. The highest BCUT2D eigenvalue weighted by molar-refractivity contribution is 5.75. The van der Waals surface area contributed by atoms with Gasteiger partial charge in [-0.05, 0) is 80.3 Å². The van der Waals surface area contributed by atoms with Gasteiger partial charge in [0.1, 0.15) is 12.4 Å². The lowest BCUT2D eigenvalue weighted by Crippen LogP contribution is -2.63. The van der Waals surface area contributed by atoms with Crippen molar-refractivity contribution in [3.05, 3.63) is 77.4 Å². The fourth-order valence-corrected chi connectivity index (χ4v) is 6.45. The van der Waals surface area contributed by atoms with E-state index in [2.05, 4.69) is 18.7 Å². The summed E-state index contributed by atoms with van der Waals surface area (Å²) in [5.41, 5.74) is 3.79. The first-order chi connectivity index (χ1) is 17.7. The van der Waals surface area contributed by atoms with Gasteiger partial charge in [0.15, 0.2) is 0 Å². The molecule has 6 nitrogen and oxygen atoms in total. The van der Waals surface area contributed by atoms with Gasteiger partial charge < -0.3 is 19.1 Å². The van der Waals surface area contributed by atoms with Crippen molar-refractivity contribution in [3.8, 4) is 5.75 Å². The molecule has 1 saturated heterocycles. The van der Waals surface area contributed by atoms with E-state index in [0.717, 1.165) is 43.2 Å². The second kappa shape index (κ2) is 9.88. The lowest BCUT2D eigenvalue weighted by atomic mass is 9.51. The van der Waals surface area contributed by atoms with Gasteiger partial charge in [0, 0.05) is 18.0 Å². The lowest BCUT2D eigenvalue weighted by Gasteiger charge is -2.59. The summed E-state index contributed by atoms with van der Waals surface area (Å²) in [6.07, 6.45) is 4.88. The van der Waals surface area contributed by atoms with E-state index in [0.29, 0.717) is 18.2 Å². The van der Waals surface area contributed by atoms with Crippen molar-refractivity contribution in [2.75, 3.05) is 13.3 Å². The molecule has 0 spiro atoms. The summed E-state index contributed by atoms with van der Waals surface area (Å²) in [4.78, 5) is 27.3. The molecular formula is C31H37NO5. The van der Waals surface area contributed by atoms with E-state index in [4.69, 9.17) is 14.2 Å². The Kier molecular flexibility index (Phi) is 6.78. The predicted octanol–water partition coefficient (Wildman–Crippen LogP) is 6.17. The Morgan fingerprint density at radius 2 is 1.86 bits per heavy atom. The third-order valence-electron chi connectivity index (χ3n) is 8.28. The molecule has 3 aliphatic rings. The predicted molar refractivity (Wildman–Crippen MR) is 141 cm³/mol. The van der Waals surface area contributed by atoms with Crippen LogP contribution in [0.3, 0.4) is 0 Å². The van der Waals surface area contributed by atoms with E-state index in [-0.39, 0.29) is 36.9 Å². The van der Waals surface area contributed by atoms with Crippen LogP contribution in [0, 0.1) is 11.3 Å². The fourth-order valence-electron chi connectivity index (χ4n) is 6.45. The van der Waals surface area contributed by atoms with Gasteiger partial charge in [-0.1, -0.05) is 55.8 Å². The van der Waals surface area contributed by atoms with Crippen LogP contribution < -0.4 is 4.74 Å². The van der Waals surface area contributed by atoms with E-state index in [1.54, 1.807) is 0 Å². The van der Waals surface area contributed by atoms with Gasteiger partial charge in [-0.15, -0.1) is 0 Å². The van der Waals surface area contributed by atoms with Gasteiger partial charge >= 0.3 is 12.1 Å². The number of carbonyl (C=O) groups is 2. The number of hydrogen-bond donors (Lipinski definition) is 0. The average Bonchev–Trinajstić information content (AvgIpc) is 2.89. The molecule has 3 atom stereocenters. The van der Waals surface area contributed by atoms with Crippen LogP contribution in [0.4, 0.5) is 4.79 Å². The molecule has 2 bridgehead atoms. The average molecular weight is 504 g/mol. The molecule has 0 aromatic heterocycles. The molecule has 37 heavy (non-hydrogen) atoms. The molecule has 0 unspecified atom stereocenters. The molecule has 0 N–H and O–H groups in total. The van der Waals surface area contributed by atoms with Crippen LogP contribution in [0.2, 0.25) is 0 Å². The summed E-state index contributed by atoms with van der Waals surface area (Å²) >= 11 is 0. The third kappa shape index (κ3) is 4.74. The molecule has 2 aromatic carbocycles. The third-order valence-corrected chi connectivity index (χ3v) is 8.28. The molecule has 5 rings (SSSR count). The van der Waals surface area contributed by atoms with Crippen LogP contribution in [0.5, 0.6) is 5.75 Å². The number of rotatable bonds is 5. The minimum atomic E-state index is -0.573. The number of carbonyl (C=O) groups excluding carboxylic acids is 2. The molecule has 1 aliphatic heterocycles. The zero-order chi connectivity index (χ0) is 26.2. The van der Waals surface area contributed by atoms with Gasteiger partial charge in [-0.25, -0.2) is 4.79 Å². The Hall–Kier alpha value is -3.28. The molecule has 2 aromatic rings. The summed E-state index contributed by atoms with van der Waals surface area (Å²) in [7, 11) is 0. The highest BCUT2D eigenvalue weighted by Crippen LogP contribution is 2.58. The largest absolute Gasteiger partial charge is 0.457 e. The summed E-state index contributed by atoms with van der Waals surface area (Å²) in [6.45, 7) is 10.7. The topological polar surface area (TPSA) is 65.1 Å². The summed E-state index contributed by atoms with van der Waals surface area (Å²) in [5, 5.41) is 0. The first kappa shape index (κ1) is 25.4. The Morgan fingerprint density at radius 3 is 2.62 bits per heavy atom. The van der Waals surface area contributed by atoms with E-state index in [1.807, 2.05) is 62.1 Å². The highest BCUT2D eigenvalue weighted by atomic mass is 16.7. The van der Waals surface area contributed by atoms with Crippen LogP contribution in [0.15, 0.2) is 60.7 Å². The van der Waals surface area contributed by atoms with E-state index < -0.39 is 5.41 Å². The number of amides is 1. The maximum Gasteiger partial charge on any atom is 0.410 e. The van der Waals surface area contributed by atoms with Crippen molar-refractivity contribution < 1.29 is 23.8 Å². The first-order valence-corrected chi connectivity index (χ1v) is 13.3. The van der Waals surface area contributed by atoms with Crippen LogP contribution >= 0.6 is 0 Å². The maximum atomic E-state index is 13.3. The number of fused-ring (bicyclic) bond motifs is 1. The molecule has 0 radical (unpaired) electrons. The summed E-state index contributed by atoms with van der Waals surface area (Å²) in [5.74, 6) is 0.697.